The SMILES string of the molecule is COc1ccccc1NC(=O)C(Cc1ccccc1)NS(=O)(=O)c1ccc(Br)cc1. The summed E-state index contributed by atoms with van der Waals surface area (Å²) in [7, 11) is -2.41. The number of methoxy groups -OCH3 is 1. The van der Waals surface area contributed by atoms with E-state index in [1.54, 1.807) is 36.4 Å². The highest BCUT2D eigenvalue weighted by Crippen LogP contribution is 2.23. The summed E-state index contributed by atoms with van der Waals surface area (Å²) in [4.78, 5) is 13.1. The molecular weight excluding hydrogens is 468 g/mol. The first-order valence-electron chi connectivity index (χ1n) is 9.15. The molecular formula is C22H21BrN2O4S. The number of rotatable bonds is 8. The molecule has 0 aromatic heterocycles. The Morgan fingerprint density at radius 2 is 1.60 bits per heavy atom. The fourth-order valence-electron chi connectivity index (χ4n) is 2.87. The maximum atomic E-state index is 13.0. The maximum Gasteiger partial charge on any atom is 0.243 e. The number of hydrogen-bond donors (Lipinski definition) is 2. The monoisotopic (exact) mass is 488 g/mol. The second kappa shape index (κ2) is 9.88. The lowest BCUT2D eigenvalue weighted by Crippen LogP contribution is -2.45. The van der Waals surface area contributed by atoms with Crippen molar-refractivity contribution in [3.05, 3.63) is 88.9 Å². The third kappa shape index (κ3) is 5.69. The summed E-state index contributed by atoms with van der Waals surface area (Å²) in [6.07, 6.45) is 0.192. The van der Waals surface area contributed by atoms with E-state index in [4.69, 9.17) is 4.74 Å². The Hall–Kier alpha value is -2.68. The van der Waals surface area contributed by atoms with Crippen molar-refractivity contribution in [3.8, 4) is 5.75 Å². The molecule has 3 rings (SSSR count). The number of ether oxygens (including phenoxy) is 1. The van der Waals surface area contributed by atoms with E-state index < -0.39 is 22.0 Å². The molecule has 1 atom stereocenters. The molecule has 0 aliphatic rings. The molecule has 2 N–H and O–H groups in total. The molecule has 1 unspecified atom stereocenters. The van der Waals surface area contributed by atoms with Crippen molar-refractivity contribution in [2.45, 2.75) is 17.4 Å². The summed E-state index contributed by atoms with van der Waals surface area (Å²) in [5.41, 5.74) is 1.29. The van der Waals surface area contributed by atoms with Gasteiger partial charge in [-0.2, -0.15) is 4.72 Å². The first kappa shape index (κ1) is 22.0. The van der Waals surface area contributed by atoms with Crippen molar-refractivity contribution in [2.24, 2.45) is 0 Å². The van der Waals surface area contributed by atoms with Crippen LogP contribution in [0, 0.1) is 0 Å². The van der Waals surface area contributed by atoms with Gasteiger partial charge in [-0.1, -0.05) is 58.4 Å². The van der Waals surface area contributed by atoms with Crippen LogP contribution in [0.5, 0.6) is 5.75 Å². The lowest BCUT2D eigenvalue weighted by molar-refractivity contribution is -0.117. The van der Waals surface area contributed by atoms with Gasteiger partial charge in [-0.15, -0.1) is 0 Å². The summed E-state index contributed by atoms with van der Waals surface area (Å²) < 4.78 is 34.4. The maximum absolute atomic E-state index is 13.0. The number of sulfonamides is 1. The third-order valence-electron chi connectivity index (χ3n) is 4.39. The van der Waals surface area contributed by atoms with Gasteiger partial charge in [-0.05, 0) is 48.4 Å². The summed E-state index contributed by atoms with van der Waals surface area (Å²) in [5.74, 6) is 0.00381. The number of benzene rings is 3. The highest BCUT2D eigenvalue weighted by atomic mass is 79.9. The smallest absolute Gasteiger partial charge is 0.243 e. The van der Waals surface area contributed by atoms with Gasteiger partial charge in [0.05, 0.1) is 17.7 Å². The van der Waals surface area contributed by atoms with Gasteiger partial charge in [0, 0.05) is 4.47 Å². The fraction of sp³-hybridized carbons (Fsp3) is 0.136. The largest absolute Gasteiger partial charge is 0.495 e. The van der Waals surface area contributed by atoms with Gasteiger partial charge in [0.2, 0.25) is 15.9 Å². The molecule has 6 nitrogen and oxygen atoms in total. The van der Waals surface area contributed by atoms with Crippen LogP contribution in [0.2, 0.25) is 0 Å². The Morgan fingerprint density at radius 1 is 0.967 bits per heavy atom. The number of carbonyl (C=O) groups excluding carboxylic acids is 1. The fourth-order valence-corrected chi connectivity index (χ4v) is 4.33. The zero-order valence-corrected chi connectivity index (χ0v) is 18.6. The van der Waals surface area contributed by atoms with Crippen molar-refractivity contribution in [3.63, 3.8) is 0 Å². The van der Waals surface area contributed by atoms with Gasteiger partial charge in [0.15, 0.2) is 0 Å². The van der Waals surface area contributed by atoms with E-state index in [0.29, 0.717) is 11.4 Å². The molecule has 3 aromatic rings. The summed E-state index contributed by atoms with van der Waals surface area (Å²) in [5, 5.41) is 2.77. The topological polar surface area (TPSA) is 84.5 Å². The molecule has 0 heterocycles. The number of carbonyl (C=O) groups is 1. The molecule has 30 heavy (non-hydrogen) atoms. The molecule has 0 radical (unpaired) electrons. The summed E-state index contributed by atoms with van der Waals surface area (Å²) >= 11 is 3.29. The minimum atomic E-state index is -3.91. The molecule has 0 saturated carbocycles. The van der Waals surface area contributed by atoms with E-state index in [9.17, 15) is 13.2 Å². The average Bonchev–Trinajstić information content (AvgIpc) is 2.74. The third-order valence-corrected chi connectivity index (χ3v) is 6.40. The average molecular weight is 489 g/mol. The van der Waals surface area contributed by atoms with Crippen LogP contribution in [0.25, 0.3) is 0 Å². The van der Waals surface area contributed by atoms with Gasteiger partial charge >= 0.3 is 0 Å². The van der Waals surface area contributed by atoms with Crippen molar-refractivity contribution < 1.29 is 17.9 Å². The second-order valence-corrected chi connectivity index (χ2v) is 9.14. The first-order valence-corrected chi connectivity index (χ1v) is 11.4. The highest BCUT2D eigenvalue weighted by molar-refractivity contribution is 9.10. The number of amides is 1. The van der Waals surface area contributed by atoms with Crippen LogP contribution < -0.4 is 14.8 Å². The van der Waals surface area contributed by atoms with Gasteiger partial charge in [-0.25, -0.2) is 8.42 Å². The molecule has 0 bridgehead atoms. The van der Waals surface area contributed by atoms with Gasteiger partial charge in [-0.3, -0.25) is 4.79 Å². The van der Waals surface area contributed by atoms with E-state index in [2.05, 4.69) is 26.0 Å². The Balaban J connectivity index is 1.88. The Bertz CT molecular complexity index is 1100. The molecule has 0 fully saturated rings. The summed E-state index contributed by atoms with van der Waals surface area (Å²) in [6, 6.07) is 21.4. The number of anilines is 1. The lowest BCUT2D eigenvalue weighted by Gasteiger charge is -2.19. The molecule has 0 aliphatic heterocycles. The predicted molar refractivity (Wildman–Crippen MR) is 120 cm³/mol. The summed E-state index contributed by atoms with van der Waals surface area (Å²) in [6.45, 7) is 0. The van der Waals surface area contributed by atoms with Crippen LogP contribution in [0.4, 0.5) is 5.69 Å². The van der Waals surface area contributed by atoms with E-state index in [0.717, 1.165) is 10.0 Å². The van der Waals surface area contributed by atoms with Crippen LogP contribution in [0.15, 0.2) is 88.2 Å². The number of hydrogen-bond acceptors (Lipinski definition) is 4. The van der Waals surface area contributed by atoms with E-state index in [-0.39, 0.29) is 11.3 Å². The highest BCUT2D eigenvalue weighted by Gasteiger charge is 2.26. The predicted octanol–water partition coefficient (Wildman–Crippen LogP) is 3.99. The lowest BCUT2D eigenvalue weighted by atomic mass is 10.1. The molecule has 1 amide bonds. The Kier molecular flexibility index (Phi) is 7.25. The van der Waals surface area contributed by atoms with E-state index in [1.165, 1.54) is 19.2 Å². The first-order chi connectivity index (χ1) is 14.4. The van der Waals surface area contributed by atoms with Gasteiger partial charge < -0.3 is 10.1 Å². The van der Waals surface area contributed by atoms with Crippen molar-refractivity contribution in [2.75, 3.05) is 12.4 Å². The number of nitrogens with one attached hydrogen (secondary N) is 2. The number of halogens is 1. The normalized spacial score (nSPS) is 12.2. The minimum Gasteiger partial charge on any atom is -0.495 e. The second-order valence-electron chi connectivity index (χ2n) is 6.51. The van der Waals surface area contributed by atoms with E-state index >= 15 is 0 Å². The zero-order chi connectivity index (χ0) is 21.6. The zero-order valence-electron chi connectivity index (χ0n) is 16.2. The van der Waals surface area contributed by atoms with Crippen molar-refractivity contribution >= 4 is 37.5 Å². The van der Waals surface area contributed by atoms with Crippen molar-refractivity contribution in [1.29, 1.82) is 0 Å². The van der Waals surface area contributed by atoms with Gasteiger partial charge in [0.25, 0.3) is 0 Å². The Morgan fingerprint density at radius 3 is 2.27 bits per heavy atom. The van der Waals surface area contributed by atoms with Crippen LogP contribution >= 0.6 is 15.9 Å². The molecule has 0 aliphatic carbocycles. The van der Waals surface area contributed by atoms with Gasteiger partial charge in [0.1, 0.15) is 11.8 Å². The molecule has 0 spiro atoms. The molecule has 3 aromatic carbocycles. The quantitative estimate of drug-likeness (QED) is 0.502. The van der Waals surface area contributed by atoms with Crippen molar-refractivity contribution in [1.82, 2.24) is 4.72 Å². The van der Waals surface area contributed by atoms with Crippen LogP contribution in [0.3, 0.4) is 0 Å². The number of para-hydroxylation sites is 2. The van der Waals surface area contributed by atoms with Crippen LogP contribution in [0.1, 0.15) is 5.56 Å². The molecule has 0 saturated heterocycles. The standard InChI is InChI=1S/C22H21BrN2O4S/c1-29-21-10-6-5-9-19(21)24-22(26)20(15-16-7-3-2-4-8-16)25-30(27,28)18-13-11-17(23)12-14-18/h2-14,20,25H,15H2,1H3,(H,24,26). The van der Waals surface area contributed by atoms with Crippen LogP contribution in [-0.2, 0) is 21.2 Å². The minimum absolute atomic E-state index is 0.0776. The van der Waals surface area contributed by atoms with E-state index in [1.807, 2.05) is 30.3 Å². The Labute approximate surface area is 184 Å². The van der Waals surface area contributed by atoms with Crippen LogP contribution in [-0.4, -0.2) is 27.5 Å². The molecule has 8 heteroatoms. The molecule has 156 valence electrons.